The molecule has 0 radical (unpaired) electrons. The molecule has 1 saturated heterocycles. The number of nitrogens with zero attached hydrogens (tertiary/aromatic N) is 2. The second-order valence-corrected chi connectivity index (χ2v) is 8.71. The van der Waals surface area contributed by atoms with Gasteiger partial charge in [0.25, 0.3) is 5.91 Å². The fourth-order valence-electron chi connectivity index (χ4n) is 3.32. The van der Waals surface area contributed by atoms with Crippen LogP contribution < -0.4 is 5.73 Å². The molecule has 5 nitrogen and oxygen atoms in total. The number of nitrogens with two attached hydrogens (primary N) is 1. The zero-order valence-corrected chi connectivity index (χ0v) is 17.3. The number of hydrogen-bond donors (Lipinski definition) is 1. The van der Waals surface area contributed by atoms with Gasteiger partial charge in [-0.25, -0.2) is 0 Å². The predicted molar refractivity (Wildman–Crippen MR) is 115 cm³/mol. The van der Waals surface area contributed by atoms with Crippen LogP contribution in [0.3, 0.4) is 0 Å². The second-order valence-electron chi connectivity index (χ2n) is 7.03. The smallest absolute Gasteiger partial charge is 0.266 e. The van der Waals surface area contributed by atoms with Gasteiger partial charge in [-0.1, -0.05) is 63.0 Å². The van der Waals surface area contributed by atoms with Gasteiger partial charge in [-0.05, 0) is 24.0 Å². The number of aryl methyl sites for hydroxylation is 1. The Balaban J connectivity index is 2.07. The summed E-state index contributed by atoms with van der Waals surface area (Å²) in [6.45, 7) is 6.92. The number of primary amides is 1. The van der Waals surface area contributed by atoms with E-state index in [0.717, 1.165) is 28.5 Å². The van der Waals surface area contributed by atoms with Gasteiger partial charge in [0.15, 0.2) is 0 Å². The average Bonchev–Trinajstić information content (AvgIpc) is 3.07. The minimum atomic E-state index is -0.396. The summed E-state index contributed by atoms with van der Waals surface area (Å²) in [5, 5.41) is 1.00. The Hall–Kier alpha value is -2.12. The Kier molecular flexibility index (Phi) is 5.72. The number of thioether (sulfide) groups is 1. The van der Waals surface area contributed by atoms with Crippen molar-refractivity contribution >= 4 is 57.1 Å². The fourth-order valence-corrected chi connectivity index (χ4v) is 4.59. The monoisotopic (exact) mass is 401 g/mol. The molecular formula is C20H23N3O2S2. The maximum Gasteiger partial charge on any atom is 0.266 e. The summed E-state index contributed by atoms with van der Waals surface area (Å²) in [5.74, 6) is -0.106. The summed E-state index contributed by atoms with van der Waals surface area (Å²) >= 11 is 6.72. The van der Waals surface area contributed by atoms with Gasteiger partial charge >= 0.3 is 0 Å². The maximum absolute atomic E-state index is 12.8. The molecule has 1 fully saturated rings. The lowest BCUT2D eigenvalue weighted by Crippen LogP contribution is -2.31. The number of fused-ring (bicyclic) bond motifs is 1. The van der Waals surface area contributed by atoms with Crippen LogP contribution in [-0.2, 0) is 22.6 Å². The fraction of sp³-hybridized carbons (Fsp3) is 0.350. The molecule has 0 saturated carbocycles. The quantitative estimate of drug-likeness (QED) is 0.594. The highest BCUT2D eigenvalue weighted by Crippen LogP contribution is 2.35. The van der Waals surface area contributed by atoms with Crippen LogP contribution in [0.2, 0.25) is 0 Å². The average molecular weight is 402 g/mol. The van der Waals surface area contributed by atoms with Crippen molar-refractivity contribution in [2.75, 3.05) is 6.54 Å². The van der Waals surface area contributed by atoms with Crippen molar-refractivity contribution in [3.63, 3.8) is 0 Å². The lowest BCUT2D eigenvalue weighted by atomic mass is 10.1. The molecule has 3 rings (SSSR count). The first kappa shape index (κ1) is 19.6. The summed E-state index contributed by atoms with van der Waals surface area (Å²) < 4.78 is 2.46. The second kappa shape index (κ2) is 7.86. The Morgan fingerprint density at radius 1 is 1.37 bits per heavy atom. The molecule has 0 spiro atoms. The van der Waals surface area contributed by atoms with Gasteiger partial charge in [-0.2, -0.15) is 0 Å². The van der Waals surface area contributed by atoms with Gasteiger partial charge in [0, 0.05) is 23.7 Å². The van der Waals surface area contributed by atoms with E-state index in [1.165, 1.54) is 11.8 Å². The van der Waals surface area contributed by atoms with Crippen LogP contribution in [0.1, 0.15) is 31.9 Å². The third kappa shape index (κ3) is 3.94. The number of para-hydroxylation sites is 1. The van der Waals surface area contributed by atoms with Gasteiger partial charge in [-0.3, -0.25) is 14.5 Å². The largest absolute Gasteiger partial charge is 0.368 e. The van der Waals surface area contributed by atoms with Gasteiger partial charge in [0.05, 0.1) is 10.4 Å². The molecule has 0 unspecified atom stereocenters. The minimum absolute atomic E-state index is 0.0545. The third-order valence-electron chi connectivity index (χ3n) is 4.43. The van der Waals surface area contributed by atoms with Gasteiger partial charge < -0.3 is 10.3 Å². The highest BCUT2D eigenvalue weighted by molar-refractivity contribution is 8.26. The molecule has 1 aromatic carbocycles. The summed E-state index contributed by atoms with van der Waals surface area (Å²) in [4.78, 5) is 26.6. The number of benzene rings is 1. The van der Waals surface area contributed by atoms with Crippen molar-refractivity contribution in [1.29, 1.82) is 0 Å². The van der Waals surface area contributed by atoms with E-state index >= 15 is 0 Å². The number of amides is 2. The van der Waals surface area contributed by atoms with E-state index in [1.54, 1.807) is 4.90 Å². The van der Waals surface area contributed by atoms with Crippen molar-refractivity contribution in [3.05, 3.63) is 40.4 Å². The lowest BCUT2D eigenvalue weighted by molar-refractivity contribution is -0.122. The summed E-state index contributed by atoms with van der Waals surface area (Å²) in [6, 6.07) is 6.05. The summed E-state index contributed by atoms with van der Waals surface area (Å²) in [7, 11) is 0. The van der Waals surface area contributed by atoms with Crippen LogP contribution in [0.25, 0.3) is 17.0 Å². The molecule has 0 aliphatic carbocycles. The molecule has 2 heterocycles. The molecule has 1 aliphatic rings. The number of rotatable bonds is 6. The molecule has 2 amide bonds. The Morgan fingerprint density at radius 3 is 2.74 bits per heavy atom. The number of carbonyl (C=O) groups excluding carboxylic acids is 2. The van der Waals surface area contributed by atoms with Crippen molar-refractivity contribution in [1.82, 2.24) is 9.47 Å². The van der Waals surface area contributed by atoms with Crippen molar-refractivity contribution in [2.24, 2.45) is 11.7 Å². The van der Waals surface area contributed by atoms with Crippen molar-refractivity contribution < 1.29 is 9.59 Å². The van der Waals surface area contributed by atoms with E-state index in [9.17, 15) is 9.59 Å². The Morgan fingerprint density at radius 2 is 2.11 bits per heavy atom. The highest BCUT2D eigenvalue weighted by atomic mass is 32.2. The van der Waals surface area contributed by atoms with E-state index < -0.39 is 5.91 Å². The standard InChI is InChI=1S/C20H23N3O2S2/c1-4-13-6-5-7-15-14(10-22(18(13)15)11-17(21)24)8-16-19(25)23(9-12(2)3)20(26)27-16/h5-8,10,12H,4,9,11H2,1-3H3,(H2,21,24)/b16-8-. The first-order chi connectivity index (χ1) is 12.8. The van der Waals surface area contributed by atoms with E-state index in [2.05, 4.69) is 20.8 Å². The van der Waals surface area contributed by atoms with Crippen LogP contribution in [0, 0.1) is 5.92 Å². The zero-order valence-electron chi connectivity index (χ0n) is 15.7. The van der Waals surface area contributed by atoms with Crippen LogP contribution >= 0.6 is 24.0 Å². The minimum Gasteiger partial charge on any atom is -0.368 e. The molecule has 1 aromatic heterocycles. The summed E-state index contributed by atoms with van der Waals surface area (Å²) in [5.41, 5.74) is 8.45. The van der Waals surface area contributed by atoms with Crippen LogP contribution in [0.15, 0.2) is 29.3 Å². The van der Waals surface area contributed by atoms with Gasteiger partial charge in [0.2, 0.25) is 5.91 Å². The van der Waals surface area contributed by atoms with E-state index in [0.29, 0.717) is 21.7 Å². The van der Waals surface area contributed by atoms with Crippen LogP contribution in [0.4, 0.5) is 0 Å². The highest BCUT2D eigenvalue weighted by Gasteiger charge is 2.32. The normalized spacial score (nSPS) is 16.3. The maximum atomic E-state index is 12.8. The molecular weight excluding hydrogens is 378 g/mol. The van der Waals surface area contributed by atoms with Crippen LogP contribution in [-0.4, -0.2) is 32.1 Å². The van der Waals surface area contributed by atoms with Gasteiger partial charge in [0.1, 0.15) is 10.9 Å². The molecule has 2 N–H and O–H groups in total. The van der Waals surface area contributed by atoms with E-state index in [1.807, 2.05) is 35.0 Å². The molecule has 0 bridgehead atoms. The molecule has 1 aliphatic heterocycles. The number of hydrogen-bond acceptors (Lipinski definition) is 4. The first-order valence-corrected chi connectivity index (χ1v) is 10.2. The summed E-state index contributed by atoms with van der Waals surface area (Å²) in [6.07, 6.45) is 4.61. The topological polar surface area (TPSA) is 68.3 Å². The Bertz CT molecular complexity index is 960. The molecule has 0 atom stereocenters. The van der Waals surface area contributed by atoms with E-state index in [-0.39, 0.29) is 12.5 Å². The third-order valence-corrected chi connectivity index (χ3v) is 5.81. The molecule has 2 aromatic rings. The van der Waals surface area contributed by atoms with Gasteiger partial charge in [-0.15, -0.1) is 0 Å². The van der Waals surface area contributed by atoms with Crippen molar-refractivity contribution in [3.8, 4) is 0 Å². The number of carbonyl (C=O) groups is 2. The zero-order chi connectivity index (χ0) is 19.7. The predicted octanol–water partition coefficient (Wildman–Crippen LogP) is 3.55. The lowest BCUT2D eigenvalue weighted by Gasteiger charge is -2.16. The Labute approximate surface area is 168 Å². The number of thiocarbonyl (C=S) groups is 1. The van der Waals surface area contributed by atoms with Crippen LogP contribution in [0.5, 0.6) is 0 Å². The van der Waals surface area contributed by atoms with E-state index in [4.69, 9.17) is 18.0 Å². The number of aromatic nitrogens is 1. The van der Waals surface area contributed by atoms with Crippen molar-refractivity contribution in [2.45, 2.75) is 33.7 Å². The SMILES string of the molecule is CCc1cccc2c(/C=C3\SC(=S)N(CC(C)C)C3=O)cn(CC(N)=O)c12. The molecule has 27 heavy (non-hydrogen) atoms. The first-order valence-electron chi connectivity index (χ1n) is 8.96. The molecule has 7 heteroatoms. The molecule has 142 valence electrons.